The van der Waals surface area contributed by atoms with Crippen molar-refractivity contribution < 1.29 is 4.79 Å². The minimum Gasteiger partial charge on any atom is -0.346 e. The standard InChI is InChI=1S/C14H16N4O/c19-10-15-14(11-5-2-1-3-6-11)13-9-18(17-16-13)12-7-4-8-12/h1-3,5-6,9-10,12,14H,4,7-8H2,(H,15,19). The third-order valence-electron chi connectivity index (χ3n) is 3.64. The Labute approximate surface area is 111 Å². The highest BCUT2D eigenvalue weighted by molar-refractivity contribution is 5.49. The number of hydrogen-bond acceptors (Lipinski definition) is 3. The van der Waals surface area contributed by atoms with Crippen LogP contribution in [-0.4, -0.2) is 21.4 Å². The van der Waals surface area contributed by atoms with E-state index in [1.807, 2.05) is 41.2 Å². The van der Waals surface area contributed by atoms with Gasteiger partial charge in [-0.05, 0) is 24.8 Å². The summed E-state index contributed by atoms with van der Waals surface area (Å²) in [6.07, 6.45) is 6.24. The van der Waals surface area contributed by atoms with E-state index in [1.165, 1.54) is 19.3 Å². The molecule has 1 heterocycles. The molecule has 98 valence electrons. The van der Waals surface area contributed by atoms with Crippen molar-refractivity contribution in [2.24, 2.45) is 0 Å². The van der Waals surface area contributed by atoms with Gasteiger partial charge in [0.05, 0.1) is 18.3 Å². The Morgan fingerprint density at radius 2 is 2.11 bits per heavy atom. The maximum absolute atomic E-state index is 10.8. The molecule has 3 rings (SSSR count). The van der Waals surface area contributed by atoms with Crippen LogP contribution in [0.5, 0.6) is 0 Å². The monoisotopic (exact) mass is 256 g/mol. The number of benzene rings is 1. The molecule has 0 aliphatic heterocycles. The highest BCUT2D eigenvalue weighted by atomic mass is 16.1. The van der Waals surface area contributed by atoms with Crippen LogP contribution in [-0.2, 0) is 4.79 Å². The van der Waals surface area contributed by atoms with Crippen molar-refractivity contribution >= 4 is 6.41 Å². The quantitative estimate of drug-likeness (QED) is 0.830. The van der Waals surface area contributed by atoms with Gasteiger partial charge in [0.1, 0.15) is 5.69 Å². The molecule has 19 heavy (non-hydrogen) atoms. The summed E-state index contributed by atoms with van der Waals surface area (Å²) in [6, 6.07) is 10.1. The zero-order valence-electron chi connectivity index (χ0n) is 10.6. The summed E-state index contributed by atoms with van der Waals surface area (Å²) in [5, 5.41) is 11.2. The summed E-state index contributed by atoms with van der Waals surface area (Å²) < 4.78 is 1.92. The second kappa shape index (κ2) is 5.22. The van der Waals surface area contributed by atoms with Crippen LogP contribution in [0.1, 0.15) is 42.6 Å². The highest BCUT2D eigenvalue weighted by Gasteiger charge is 2.23. The number of hydrogen-bond donors (Lipinski definition) is 1. The van der Waals surface area contributed by atoms with E-state index in [-0.39, 0.29) is 6.04 Å². The SMILES string of the molecule is O=CNC(c1ccccc1)c1cn(C2CCC2)nn1. The first kappa shape index (κ1) is 11.9. The van der Waals surface area contributed by atoms with Gasteiger partial charge in [-0.15, -0.1) is 5.10 Å². The van der Waals surface area contributed by atoms with Gasteiger partial charge < -0.3 is 5.32 Å². The number of rotatable bonds is 5. The molecule has 1 aliphatic carbocycles. The molecule has 1 aromatic carbocycles. The topological polar surface area (TPSA) is 59.8 Å². The van der Waals surface area contributed by atoms with Crippen molar-refractivity contribution in [3.63, 3.8) is 0 Å². The van der Waals surface area contributed by atoms with Gasteiger partial charge in [0.2, 0.25) is 6.41 Å². The van der Waals surface area contributed by atoms with Crippen LogP contribution in [0.2, 0.25) is 0 Å². The van der Waals surface area contributed by atoms with E-state index in [0.717, 1.165) is 11.3 Å². The number of amides is 1. The Balaban J connectivity index is 1.87. The predicted octanol–water partition coefficient (Wildman–Crippen LogP) is 1.84. The lowest BCUT2D eigenvalue weighted by Gasteiger charge is -2.24. The Morgan fingerprint density at radius 1 is 1.32 bits per heavy atom. The van der Waals surface area contributed by atoms with Gasteiger partial charge in [-0.3, -0.25) is 4.79 Å². The summed E-state index contributed by atoms with van der Waals surface area (Å²) in [4.78, 5) is 10.8. The first-order chi connectivity index (χ1) is 9.38. The molecule has 0 saturated heterocycles. The van der Waals surface area contributed by atoms with Crippen molar-refractivity contribution in [1.82, 2.24) is 20.3 Å². The summed E-state index contributed by atoms with van der Waals surface area (Å²) in [5.74, 6) is 0. The van der Waals surface area contributed by atoms with Crippen LogP contribution in [0.25, 0.3) is 0 Å². The third kappa shape index (κ3) is 2.36. The molecular formula is C14H16N4O. The normalized spacial score (nSPS) is 16.6. The molecule has 1 aliphatic rings. The molecule has 0 bridgehead atoms. The van der Waals surface area contributed by atoms with Gasteiger partial charge in [-0.2, -0.15) is 0 Å². The van der Waals surface area contributed by atoms with Crippen LogP contribution in [0.15, 0.2) is 36.5 Å². The van der Waals surface area contributed by atoms with E-state index in [4.69, 9.17) is 0 Å². The predicted molar refractivity (Wildman–Crippen MR) is 70.4 cm³/mol. The smallest absolute Gasteiger partial charge is 0.207 e. The van der Waals surface area contributed by atoms with E-state index < -0.39 is 0 Å². The summed E-state index contributed by atoms with van der Waals surface area (Å²) in [7, 11) is 0. The first-order valence-electron chi connectivity index (χ1n) is 6.55. The minimum absolute atomic E-state index is 0.229. The Hall–Kier alpha value is -2.17. The summed E-state index contributed by atoms with van der Waals surface area (Å²) in [6.45, 7) is 0. The van der Waals surface area contributed by atoms with E-state index in [9.17, 15) is 4.79 Å². The number of nitrogens with one attached hydrogen (secondary N) is 1. The van der Waals surface area contributed by atoms with Gasteiger partial charge in [0.15, 0.2) is 0 Å². The molecule has 0 spiro atoms. The average Bonchev–Trinajstić information content (AvgIpc) is 2.84. The molecular weight excluding hydrogens is 240 g/mol. The lowest BCUT2D eigenvalue weighted by atomic mass is 9.93. The minimum atomic E-state index is -0.229. The van der Waals surface area contributed by atoms with Gasteiger partial charge >= 0.3 is 0 Å². The maximum Gasteiger partial charge on any atom is 0.207 e. The van der Waals surface area contributed by atoms with Crippen LogP contribution < -0.4 is 5.32 Å². The molecule has 0 radical (unpaired) electrons. The highest BCUT2D eigenvalue weighted by Crippen LogP contribution is 2.31. The molecule has 2 aromatic rings. The molecule has 1 N–H and O–H groups in total. The van der Waals surface area contributed by atoms with Crippen LogP contribution >= 0.6 is 0 Å². The molecule has 1 amide bonds. The van der Waals surface area contributed by atoms with Crippen LogP contribution in [0.4, 0.5) is 0 Å². The maximum atomic E-state index is 10.8. The summed E-state index contributed by atoms with van der Waals surface area (Å²) >= 11 is 0. The van der Waals surface area contributed by atoms with Crippen LogP contribution in [0.3, 0.4) is 0 Å². The van der Waals surface area contributed by atoms with E-state index in [1.54, 1.807) is 0 Å². The molecule has 1 unspecified atom stereocenters. The van der Waals surface area contributed by atoms with Gasteiger partial charge in [0, 0.05) is 0 Å². The lowest BCUT2D eigenvalue weighted by molar-refractivity contribution is -0.110. The van der Waals surface area contributed by atoms with Crippen molar-refractivity contribution in [3.8, 4) is 0 Å². The second-order valence-electron chi connectivity index (χ2n) is 4.84. The number of aromatic nitrogens is 3. The van der Waals surface area contributed by atoms with E-state index in [0.29, 0.717) is 12.5 Å². The van der Waals surface area contributed by atoms with Crippen molar-refractivity contribution in [2.45, 2.75) is 31.3 Å². The zero-order valence-corrected chi connectivity index (χ0v) is 10.6. The molecule has 1 atom stereocenters. The van der Waals surface area contributed by atoms with Gasteiger partial charge in [0.25, 0.3) is 0 Å². The fourth-order valence-corrected chi connectivity index (χ4v) is 2.32. The van der Waals surface area contributed by atoms with Crippen molar-refractivity contribution in [1.29, 1.82) is 0 Å². The lowest BCUT2D eigenvalue weighted by Crippen LogP contribution is -2.21. The largest absolute Gasteiger partial charge is 0.346 e. The Bertz CT molecular complexity index is 548. The molecule has 1 saturated carbocycles. The van der Waals surface area contributed by atoms with Crippen molar-refractivity contribution in [3.05, 3.63) is 47.8 Å². The van der Waals surface area contributed by atoms with E-state index in [2.05, 4.69) is 15.6 Å². The molecule has 5 nitrogen and oxygen atoms in total. The van der Waals surface area contributed by atoms with Gasteiger partial charge in [-0.1, -0.05) is 35.5 Å². The fraction of sp³-hybridized carbons (Fsp3) is 0.357. The van der Waals surface area contributed by atoms with Crippen molar-refractivity contribution in [2.75, 3.05) is 0 Å². The second-order valence-corrected chi connectivity index (χ2v) is 4.84. The number of carbonyl (C=O) groups is 1. The zero-order chi connectivity index (χ0) is 13.1. The molecule has 1 aromatic heterocycles. The third-order valence-corrected chi connectivity index (χ3v) is 3.64. The Kier molecular flexibility index (Phi) is 3.27. The number of carbonyl (C=O) groups excluding carboxylic acids is 1. The van der Waals surface area contributed by atoms with E-state index >= 15 is 0 Å². The fourth-order valence-electron chi connectivity index (χ4n) is 2.32. The number of nitrogens with zero attached hydrogens (tertiary/aromatic N) is 3. The molecule has 5 heteroatoms. The first-order valence-corrected chi connectivity index (χ1v) is 6.55. The molecule has 1 fully saturated rings. The Morgan fingerprint density at radius 3 is 2.74 bits per heavy atom. The van der Waals surface area contributed by atoms with Gasteiger partial charge in [-0.25, -0.2) is 4.68 Å². The summed E-state index contributed by atoms with van der Waals surface area (Å²) in [5.41, 5.74) is 1.79. The average molecular weight is 256 g/mol. The van der Waals surface area contributed by atoms with Crippen LogP contribution in [0, 0.1) is 0 Å².